The van der Waals surface area contributed by atoms with Gasteiger partial charge in [-0.2, -0.15) is 10.2 Å². The standard InChI is InChI=1S/C22H32N4O/c1-6-7-8-9-10-17-11-13-18(14-12-17)16(2)23-26-21(27)19-15-20(25-24-19)22(3,4)5/h11-15H,6-10H2,1-5H3,(H,24,25)(H,26,27). The number of H-pyrrole nitrogens is 1. The van der Waals surface area contributed by atoms with Crippen molar-refractivity contribution in [2.75, 3.05) is 0 Å². The lowest BCUT2D eigenvalue weighted by Gasteiger charge is -2.14. The van der Waals surface area contributed by atoms with Crippen LogP contribution in [0.15, 0.2) is 35.4 Å². The van der Waals surface area contributed by atoms with E-state index in [0.29, 0.717) is 5.69 Å². The SMILES string of the molecule is CCCCCCc1ccc(C(C)=NNC(=O)c2cc(C(C)(C)C)[nH]n2)cc1. The number of carbonyl (C=O) groups excluding carboxylic acids is 1. The number of carbonyl (C=O) groups is 1. The minimum Gasteiger partial charge on any atom is -0.281 e. The number of nitrogens with zero attached hydrogens (tertiary/aromatic N) is 2. The number of hydrazone groups is 1. The molecule has 2 N–H and O–H groups in total. The van der Waals surface area contributed by atoms with Crippen LogP contribution in [0.1, 0.15) is 87.6 Å². The second-order valence-corrected chi connectivity index (χ2v) is 8.06. The molecule has 0 bridgehead atoms. The molecule has 27 heavy (non-hydrogen) atoms. The Balaban J connectivity index is 1.92. The largest absolute Gasteiger partial charge is 0.291 e. The summed E-state index contributed by atoms with van der Waals surface area (Å²) in [7, 11) is 0. The number of amides is 1. The highest BCUT2D eigenvalue weighted by Gasteiger charge is 2.19. The van der Waals surface area contributed by atoms with Gasteiger partial charge in [-0.05, 0) is 37.0 Å². The van der Waals surface area contributed by atoms with Crippen molar-refractivity contribution in [1.29, 1.82) is 0 Å². The highest BCUT2D eigenvalue weighted by atomic mass is 16.2. The van der Waals surface area contributed by atoms with Crippen LogP contribution in [0.25, 0.3) is 0 Å². The molecule has 1 amide bonds. The van der Waals surface area contributed by atoms with Crippen LogP contribution in [-0.4, -0.2) is 21.8 Å². The van der Waals surface area contributed by atoms with Gasteiger partial charge < -0.3 is 0 Å². The molecule has 1 heterocycles. The topological polar surface area (TPSA) is 70.1 Å². The molecule has 0 aliphatic heterocycles. The van der Waals surface area contributed by atoms with Crippen LogP contribution in [0, 0.1) is 0 Å². The second kappa shape index (κ2) is 9.49. The molecule has 0 radical (unpaired) electrons. The molecule has 0 atom stereocenters. The number of hydrogen-bond acceptors (Lipinski definition) is 3. The molecule has 5 heteroatoms. The van der Waals surface area contributed by atoms with Crippen molar-refractivity contribution >= 4 is 11.6 Å². The monoisotopic (exact) mass is 368 g/mol. The van der Waals surface area contributed by atoms with Crippen molar-refractivity contribution in [2.24, 2.45) is 5.10 Å². The summed E-state index contributed by atoms with van der Waals surface area (Å²) in [6.07, 6.45) is 6.20. The number of unbranched alkanes of at least 4 members (excludes halogenated alkanes) is 3. The highest BCUT2D eigenvalue weighted by Crippen LogP contribution is 2.20. The smallest absolute Gasteiger partial charge is 0.281 e. The molecular formula is C22H32N4O. The number of rotatable bonds is 8. The molecular weight excluding hydrogens is 336 g/mol. The summed E-state index contributed by atoms with van der Waals surface area (Å²) >= 11 is 0. The summed E-state index contributed by atoms with van der Waals surface area (Å²) in [4.78, 5) is 12.2. The molecule has 146 valence electrons. The summed E-state index contributed by atoms with van der Waals surface area (Å²) < 4.78 is 0. The lowest BCUT2D eigenvalue weighted by atomic mass is 9.92. The Morgan fingerprint density at radius 1 is 1.15 bits per heavy atom. The number of hydrogen-bond donors (Lipinski definition) is 2. The molecule has 0 saturated carbocycles. The maximum Gasteiger partial charge on any atom is 0.291 e. The predicted octanol–water partition coefficient (Wildman–Crippen LogP) is 4.98. The number of aromatic amines is 1. The van der Waals surface area contributed by atoms with Gasteiger partial charge in [0, 0.05) is 11.1 Å². The minimum absolute atomic E-state index is 0.0804. The number of aromatic nitrogens is 2. The van der Waals surface area contributed by atoms with E-state index < -0.39 is 0 Å². The van der Waals surface area contributed by atoms with Gasteiger partial charge in [0.05, 0.1) is 5.71 Å². The molecule has 0 unspecified atom stereocenters. The van der Waals surface area contributed by atoms with Crippen molar-refractivity contribution in [3.8, 4) is 0 Å². The third-order valence-corrected chi connectivity index (χ3v) is 4.63. The maximum absolute atomic E-state index is 12.2. The Morgan fingerprint density at radius 3 is 2.44 bits per heavy atom. The summed E-state index contributed by atoms with van der Waals surface area (Å²) in [5.74, 6) is -0.311. The molecule has 0 aliphatic carbocycles. The van der Waals surface area contributed by atoms with Crippen molar-refractivity contribution in [1.82, 2.24) is 15.6 Å². The zero-order valence-electron chi connectivity index (χ0n) is 17.2. The Hall–Kier alpha value is -2.43. The molecule has 2 aromatic rings. The van der Waals surface area contributed by atoms with E-state index in [0.717, 1.165) is 23.4 Å². The molecule has 2 rings (SSSR count). The van der Waals surface area contributed by atoms with Crippen LogP contribution in [0.4, 0.5) is 0 Å². The number of aryl methyl sites for hydroxylation is 1. The zero-order chi connectivity index (χ0) is 19.9. The van der Waals surface area contributed by atoms with E-state index in [4.69, 9.17) is 0 Å². The van der Waals surface area contributed by atoms with Crippen molar-refractivity contribution in [3.63, 3.8) is 0 Å². The first-order valence-corrected chi connectivity index (χ1v) is 9.81. The van der Waals surface area contributed by atoms with E-state index in [2.05, 4.69) is 72.7 Å². The van der Waals surface area contributed by atoms with E-state index >= 15 is 0 Å². The first-order chi connectivity index (χ1) is 12.8. The highest BCUT2D eigenvalue weighted by molar-refractivity contribution is 6.00. The van der Waals surface area contributed by atoms with Crippen LogP contribution in [0.2, 0.25) is 0 Å². The van der Waals surface area contributed by atoms with Gasteiger partial charge in [-0.15, -0.1) is 0 Å². The zero-order valence-corrected chi connectivity index (χ0v) is 17.2. The molecule has 5 nitrogen and oxygen atoms in total. The fraction of sp³-hybridized carbons (Fsp3) is 0.500. The number of benzene rings is 1. The summed E-state index contributed by atoms with van der Waals surface area (Å²) in [5, 5.41) is 11.2. The van der Waals surface area contributed by atoms with Crippen LogP contribution in [0.5, 0.6) is 0 Å². The van der Waals surface area contributed by atoms with Gasteiger partial charge in [-0.1, -0.05) is 71.2 Å². The maximum atomic E-state index is 12.2. The van der Waals surface area contributed by atoms with Gasteiger partial charge in [0.15, 0.2) is 5.69 Å². The van der Waals surface area contributed by atoms with Gasteiger partial charge in [0.2, 0.25) is 0 Å². The molecule has 0 spiro atoms. The van der Waals surface area contributed by atoms with E-state index in [1.54, 1.807) is 6.07 Å². The second-order valence-electron chi connectivity index (χ2n) is 8.06. The van der Waals surface area contributed by atoms with Crippen LogP contribution < -0.4 is 5.43 Å². The third kappa shape index (κ3) is 6.35. The quantitative estimate of drug-likeness (QED) is 0.392. The summed E-state index contributed by atoms with van der Waals surface area (Å²) in [5.41, 5.74) is 6.90. The first-order valence-electron chi connectivity index (χ1n) is 9.81. The first kappa shape index (κ1) is 20.9. The molecule has 0 aliphatic rings. The summed E-state index contributed by atoms with van der Waals surface area (Å²) in [6.45, 7) is 10.3. The van der Waals surface area contributed by atoms with E-state index in [9.17, 15) is 4.79 Å². The van der Waals surface area contributed by atoms with E-state index in [1.165, 1.54) is 31.2 Å². The Morgan fingerprint density at radius 2 is 1.85 bits per heavy atom. The fourth-order valence-electron chi connectivity index (χ4n) is 2.75. The van der Waals surface area contributed by atoms with Crippen LogP contribution >= 0.6 is 0 Å². The van der Waals surface area contributed by atoms with Gasteiger partial charge in [0.1, 0.15) is 0 Å². The van der Waals surface area contributed by atoms with Gasteiger partial charge in [-0.25, -0.2) is 5.43 Å². The Kier molecular flexibility index (Phi) is 7.34. The fourth-order valence-corrected chi connectivity index (χ4v) is 2.75. The predicted molar refractivity (Wildman–Crippen MR) is 111 cm³/mol. The van der Waals surface area contributed by atoms with Gasteiger partial charge >= 0.3 is 0 Å². The third-order valence-electron chi connectivity index (χ3n) is 4.63. The molecule has 1 aromatic heterocycles. The number of nitrogens with one attached hydrogen (secondary N) is 2. The molecule has 0 saturated heterocycles. The average Bonchev–Trinajstić information content (AvgIpc) is 3.14. The van der Waals surface area contributed by atoms with Crippen molar-refractivity contribution in [2.45, 2.75) is 72.1 Å². The van der Waals surface area contributed by atoms with Gasteiger partial charge in [-0.3, -0.25) is 9.89 Å². The van der Waals surface area contributed by atoms with Crippen LogP contribution in [0.3, 0.4) is 0 Å². The van der Waals surface area contributed by atoms with Crippen molar-refractivity contribution < 1.29 is 4.79 Å². The van der Waals surface area contributed by atoms with Gasteiger partial charge in [0.25, 0.3) is 5.91 Å². The van der Waals surface area contributed by atoms with E-state index in [-0.39, 0.29) is 11.3 Å². The van der Waals surface area contributed by atoms with E-state index in [1.807, 2.05) is 6.92 Å². The Labute approximate surface area is 162 Å². The normalized spacial score (nSPS) is 12.3. The minimum atomic E-state index is -0.311. The van der Waals surface area contributed by atoms with Crippen molar-refractivity contribution in [3.05, 3.63) is 52.8 Å². The molecule has 1 aromatic carbocycles. The lowest BCUT2D eigenvalue weighted by Crippen LogP contribution is -2.19. The molecule has 0 fully saturated rings. The lowest BCUT2D eigenvalue weighted by molar-refractivity contribution is 0.0950. The van der Waals surface area contributed by atoms with Crippen LogP contribution in [-0.2, 0) is 11.8 Å². The Bertz CT molecular complexity index is 766. The summed E-state index contributed by atoms with van der Waals surface area (Å²) in [6, 6.07) is 10.2. The average molecular weight is 369 g/mol.